The molecule has 0 radical (unpaired) electrons. The molecule has 1 aromatic heterocycles. The average molecular weight is 326 g/mol. The molecule has 0 fully saturated rings. The Hall–Kier alpha value is -3.60. The number of para-hydroxylation sites is 2. The number of hydrogen-bond donors (Lipinski definition) is 2. The molecule has 0 amide bonds. The highest BCUT2D eigenvalue weighted by Crippen LogP contribution is 2.38. The molecule has 120 valence electrons. The van der Waals surface area contributed by atoms with Crippen LogP contribution in [0.15, 0.2) is 70.5 Å². The van der Waals surface area contributed by atoms with Gasteiger partial charge in [0.1, 0.15) is 0 Å². The number of nitrogens with two attached hydrogens (primary N) is 1. The van der Waals surface area contributed by atoms with Crippen molar-refractivity contribution in [2.24, 2.45) is 4.99 Å². The lowest BCUT2D eigenvalue weighted by Crippen LogP contribution is -2.14. The molecule has 0 saturated carbocycles. The van der Waals surface area contributed by atoms with Crippen LogP contribution in [-0.4, -0.2) is 15.8 Å². The first-order valence-electron chi connectivity index (χ1n) is 7.99. The lowest BCUT2D eigenvalue weighted by Gasteiger charge is -2.11. The van der Waals surface area contributed by atoms with Crippen LogP contribution in [0.3, 0.4) is 0 Å². The highest BCUT2D eigenvalue weighted by atomic mass is 16.1. The van der Waals surface area contributed by atoms with Gasteiger partial charge in [-0.2, -0.15) is 0 Å². The van der Waals surface area contributed by atoms with E-state index in [1.54, 1.807) is 4.57 Å². The first kappa shape index (κ1) is 13.8. The summed E-state index contributed by atoms with van der Waals surface area (Å²) < 4.78 is 1.70. The number of fused-ring (bicyclic) bond motifs is 2. The largest absolute Gasteiger partial charge is 0.399 e. The number of rotatable bonds is 1. The monoisotopic (exact) mass is 326 g/mol. The van der Waals surface area contributed by atoms with Crippen molar-refractivity contribution in [3.05, 3.63) is 76.7 Å². The molecule has 3 N–H and O–H groups in total. The van der Waals surface area contributed by atoms with Crippen LogP contribution in [-0.2, 0) is 0 Å². The number of H-pyrrole nitrogens is 1. The normalized spacial score (nSPS) is 12.2. The van der Waals surface area contributed by atoms with Crippen LogP contribution in [0, 0.1) is 0 Å². The van der Waals surface area contributed by atoms with Gasteiger partial charge in [0.15, 0.2) is 0 Å². The van der Waals surface area contributed by atoms with E-state index in [1.807, 2.05) is 66.9 Å². The van der Waals surface area contributed by atoms with E-state index in [1.165, 1.54) is 0 Å². The van der Waals surface area contributed by atoms with E-state index in [2.05, 4.69) is 4.98 Å². The maximum Gasteiger partial charge on any atom is 0.331 e. The summed E-state index contributed by atoms with van der Waals surface area (Å²) in [6.07, 6.45) is 1.81. The molecule has 0 aliphatic carbocycles. The number of aromatic amines is 1. The fraction of sp³-hybridized carbons (Fsp3) is 0. The Bertz CT molecular complexity index is 1230. The van der Waals surface area contributed by atoms with Gasteiger partial charge in [-0.1, -0.05) is 36.4 Å². The second kappa shape index (κ2) is 4.95. The molecule has 5 rings (SSSR count). The predicted octanol–water partition coefficient (Wildman–Crippen LogP) is 3.63. The molecule has 25 heavy (non-hydrogen) atoms. The molecule has 1 aliphatic rings. The fourth-order valence-electron chi connectivity index (χ4n) is 3.44. The van der Waals surface area contributed by atoms with E-state index >= 15 is 0 Å². The Morgan fingerprint density at radius 2 is 1.84 bits per heavy atom. The second-order valence-electron chi connectivity index (χ2n) is 6.07. The Balaban J connectivity index is 1.89. The number of nitrogen functional groups attached to an aromatic ring is 1. The lowest BCUT2D eigenvalue weighted by atomic mass is 10.0. The molecule has 3 aromatic carbocycles. The van der Waals surface area contributed by atoms with E-state index in [4.69, 9.17) is 10.7 Å². The number of nitrogens with zero attached hydrogens (tertiary/aromatic N) is 2. The van der Waals surface area contributed by atoms with Gasteiger partial charge in [-0.05, 0) is 29.8 Å². The third-order valence-electron chi connectivity index (χ3n) is 4.52. The smallest absolute Gasteiger partial charge is 0.331 e. The van der Waals surface area contributed by atoms with Crippen LogP contribution in [0.4, 0.5) is 11.4 Å². The van der Waals surface area contributed by atoms with Crippen LogP contribution >= 0.6 is 0 Å². The van der Waals surface area contributed by atoms with Crippen molar-refractivity contribution >= 4 is 28.6 Å². The van der Waals surface area contributed by atoms with E-state index in [0.717, 1.165) is 39.1 Å². The molecule has 0 spiro atoms. The van der Waals surface area contributed by atoms with Crippen LogP contribution in [0.1, 0.15) is 5.56 Å². The van der Waals surface area contributed by atoms with Gasteiger partial charge < -0.3 is 10.7 Å². The van der Waals surface area contributed by atoms with Gasteiger partial charge in [0, 0.05) is 23.0 Å². The molecular weight excluding hydrogens is 312 g/mol. The van der Waals surface area contributed by atoms with Crippen molar-refractivity contribution < 1.29 is 0 Å². The minimum absolute atomic E-state index is 0.168. The fourth-order valence-corrected chi connectivity index (χ4v) is 3.44. The first-order chi connectivity index (χ1) is 12.2. The zero-order valence-corrected chi connectivity index (χ0v) is 13.2. The number of hydrogen-bond acceptors (Lipinski definition) is 3. The molecule has 4 aromatic rings. The Morgan fingerprint density at radius 1 is 1.00 bits per heavy atom. The van der Waals surface area contributed by atoms with Crippen LogP contribution in [0.5, 0.6) is 0 Å². The topological polar surface area (TPSA) is 76.2 Å². The molecule has 0 unspecified atom stereocenters. The summed E-state index contributed by atoms with van der Waals surface area (Å²) in [6.45, 7) is 0. The molecule has 0 bridgehead atoms. The van der Waals surface area contributed by atoms with Crippen molar-refractivity contribution in [1.29, 1.82) is 0 Å². The average Bonchev–Trinajstić information content (AvgIpc) is 2.85. The Morgan fingerprint density at radius 3 is 2.72 bits per heavy atom. The third-order valence-corrected chi connectivity index (χ3v) is 4.52. The first-order valence-corrected chi connectivity index (χ1v) is 7.99. The zero-order valence-electron chi connectivity index (χ0n) is 13.2. The molecule has 1 aliphatic heterocycles. The highest BCUT2D eigenvalue weighted by molar-refractivity contribution is 6.02. The van der Waals surface area contributed by atoms with Crippen molar-refractivity contribution in [3.63, 3.8) is 0 Å². The zero-order chi connectivity index (χ0) is 17.0. The molecule has 0 atom stereocenters. The van der Waals surface area contributed by atoms with Crippen LogP contribution < -0.4 is 11.4 Å². The summed E-state index contributed by atoms with van der Waals surface area (Å²) in [5.41, 5.74) is 12.5. The van der Waals surface area contributed by atoms with E-state index in [0.29, 0.717) is 5.69 Å². The Kier molecular flexibility index (Phi) is 2.73. The summed E-state index contributed by atoms with van der Waals surface area (Å²) in [7, 11) is 0. The van der Waals surface area contributed by atoms with Crippen LogP contribution in [0.2, 0.25) is 0 Å². The van der Waals surface area contributed by atoms with Gasteiger partial charge in [-0.15, -0.1) is 0 Å². The summed E-state index contributed by atoms with van der Waals surface area (Å²) in [5, 5.41) is 0. The number of anilines is 1. The number of benzene rings is 3. The van der Waals surface area contributed by atoms with E-state index in [9.17, 15) is 4.79 Å². The van der Waals surface area contributed by atoms with Gasteiger partial charge in [-0.3, -0.25) is 9.56 Å². The van der Waals surface area contributed by atoms with Crippen molar-refractivity contribution in [3.8, 4) is 16.8 Å². The summed E-state index contributed by atoms with van der Waals surface area (Å²) >= 11 is 0. The van der Waals surface area contributed by atoms with Gasteiger partial charge in [-0.25, -0.2) is 4.79 Å². The Labute approximate surface area is 143 Å². The lowest BCUT2D eigenvalue weighted by molar-refractivity contribution is 1.02. The van der Waals surface area contributed by atoms with Crippen molar-refractivity contribution in [1.82, 2.24) is 9.55 Å². The van der Waals surface area contributed by atoms with Crippen LogP contribution in [0.25, 0.3) is 27.8 Å². The quantitative estimate of drug-likeness (QED) is 0.461. The summed E-state index contributed by atoms with van der Waals surface area (Å²) in [4.78, 5) is 20.2. The molecule has 5 heteroatoms. The summed E-state index contributed by atoms with van der Waals surface area (Å²) in [5.74, 6) is 0. The van der Waals surface area contributed by atoms with Gasteiger partial charge >= 0.3 is 5.69 Å². The van der Waals surface area contributed by atoms with Crippen molar-refractivity contribution in [2.75, 3.05) is 5.73 Å². The minimum atomic E-state index is -0.168. The minimum Gasteiger partial charge on any atom is -0.399 e. The number of nitrogens with one attached hydrogen (secondary N) is 1. The predicted molar refractivity (Wildman–Crippen MR) is 101 cm³/mol. The highest BCUT2D eigenvalue weighted by Gasteiger charge is 2.19. The standard InChI is InChI=1S/C20H14N4O/c21-14-6-1-4-12(10-14)15-7-3-9-17-18(15)22-11-13-5-2-8-16-19(13)24(17)20(25)23-16/h1-11H,21H2,(H,23,25). The van der Waals surface area contributed by atoms with E-state index < -0.39 is 0 Å². The molecule has 0 saturated heterocycles. The maximum absolute atomic E-state index is 12.6. The van der Waals surface area contributed by atoms with Gasteiger partial charge in [0.2, 0.25) is 0 Å². The van der Waals surface area contributed by atoms with E-state index in [-0.39, 0.29) is 5.69 Å². The van der Waals surface area contributed by atoms with Gasteiger partial charge in [0.25, 0.3) is 0 Å². The SMILES string of the molecule is Nc1cccc(-c2cccc3c2N=Cc2cccc4[nH]c(=O)n-3c24)c1. The van der Waals surface area contributed by atoms with Crippen molar-refractivity contribution in [2.45, 2.75) is 0 Å². The maximum atomic E-state index is 12.6. The molecule has 5 nitrogen and oxygen atoms in total. The third kappa shape index (κ3) is 1.96. The molecule has 2 heterocycles. The number of imidazole rings is 1. The van der Waals surface area contributed by atoms with Gasteiger partial charge in [0.05, 0.1) is 22.4 Å². The summed E-state index contributed by atoms with van der Waals surface area (Å²) in [6, 6.07) is 19.3. The number of aliphatic imine (C=N–C) groups is 1. The number of aromatic nitrogens is 2. The second-order valence-corrected chi connectivity index (χ2v) is 6.07. The molecular formula is C20H14N4O.